The van der Waals surface area contributed by atoms with Gasteiger partial charge in [0, 0.05) is 48.6 Å². The predicted molar refractivity (Wildman–Crippen MR) is 125 cm³/mol. The van der Waals surface area contributed by atoms with Crippen LogP contribution in [0.3, 0.4) is 0 Å². The maximum Gasteiger partial charge on any atom is 0.231 e. The first-order valence-corrected chi connectivity index (χ1v) is 11.7. The summed E-state index contributed by atoms with van der Waals surface area (Å²) >= 11 is 6.06. The minimum atomic E-state index is -0.242. The van der Waals surface area contributed by atoms with Crippen LogP contribution in [0.1, 0.15) is 61.8 Å². The van der Waals surface area contributed by atoms with E-state index in [1.54, 1.807) is 0 Å². The van der Waals surface area contributed by atoms with E-state index in [1.807, 2.05) is 29.2 Å². The van der Waals surface area contributed by atoms with E-state index in [9.17, 15) is 9.59 Å². The third-order valence-electron chi connectivity index (χ3n) is 6.33. The Morgan fingerprint density at radius 3 is 2.59 bits per heavy atom. The minimum Gasteiger partial charge on any atom is -0.342 e. The van der Waals surface area contributed by atoms with Gasteiger partial charge in [-0.3, -0.25) is 9.59 Å². The van der Waals surface area contributed by atoms with Crippen molar-refractivity contribution in [3.05, 3.63) is 52.4 Å². The average Bonchev–Trinajstić information content (AvgIpc) is 2.79. The Bertz CT molecular complexity index is 971. The van der Waals surface area contributed by atoms with Gasteiger partial charge in [-0.2, -0.15) is 0 Å². The predicted octanol–water partition coefficient (Wildman–Crippen LogP) is 3.50. The van der Waals surface area contributed by atoms with Gasteiger partial charge in [0.1, 0.15) is 12.1 Å². The third-order valence-corrected chi connectivity index (χ3v) is 6.58. The molecule has 0 spiro atoms. The summed E-state index contributed by atoms with van der Waals surface area (Å²) in [6, 6.07) is 7.88. The second-order valence-electron chi connectivity index (χ2n) is 8.90. The first-order chi connectivity index (χ1) is 15.4. The van der Waals surface area contributed by atoms with E-state index in [0.717, 1.165) is 29.7 Å². The number of nitrogens with one attached hydrogen (secondary N) is 2. The van der Waals surface area contributed by atoms with Crippen LogP contribution in [0.2, 0.25) is 5.02 Å². The minimum absolute atomic E-state index is 0.00538. The van der Waals surface area contributed by atoms with Gasteiger partial charge in [-0.25, -0.2) is 9.97 Å². The van der Waals surface area contributed by atoms with Crippen LogP contribution in [0, 0.1) is 0 Å². The molecule has 170 valence electrons. The highest BCUT2D eigenvalue weighted by Gasteiger charge is 2.32. The van der Waals surface area contributed by atoms with Crippen LogP contribution in [0.15, 0.2) is 30.6 Å². The number of anilines is 1. The molecule has 2 aromatic rings. The summed E-state index contributed by atoms with van der Waals surface area (Å²) in [4.78, 5) is 36.0. The number of aromatic nitrogens is 2. The number of carbonyl (C=O) groups excluding carboxylic acids is 2. The van der Waals surface area contributed by atoms with Crippen molar-refractivity contribution < 1.29 is 9.59 Å². The fourth-order valence-corrected chi connectivity index (χ4v) is 4.68. The van der Waals surface area contributed by atoms with Crippen LogP contribution in [0.4, 0.5) is 5.82 Å². The normalized spacial score (nSPS) is 17.8. The highest BCUT2D eigenvalue weighted by atomic mass is 35.5. The van der Waals surface area contributed by atoms with Gasteiger partial charge in [0.15, 0.2) is 0 Å². The van der Waals surface area contributed by atoms with Gasteiger partial charge in [-0.05, 0) is 37.0 Å². The van der Waals surface area contributed by atoms with Crippen molar-refractivity contribution in [3.63, 3.8) is 0 Å². The lowest BCUT2D eigenvalue weighted by Crippen LogP contribution is -2.44. The number of piperidine rings is 1. The van der Waals surface area contributed by atoms with Crippen LogP contribution >= 0.6 is 11.6 Å². The van der Waals surface area contributed by atoms with E-state index in [0.29, 0.717) is 49.4 Å². The Balaban J connectivity index is 1.45. The summed E-state index contributed by atoms with van der Waals surface area (Å²) in [7, 11) is 0. The molecule has 0 bridgehead atoms. The van der Waals surface area contributed by atoms with E-state index in [4.69, 9.17) is 11.6 Å². The second kappa shape index (κ2) is 9.96. The lowest BCUT2D eigenvalue weighted by Gasteiger charge is -2.35. The Kier molecular flexibility index (Phi) is 7.06. The fourth-order valence-electron chi connectivity index (χ4n) is 4.56. The summed E-state index contributed by atoms with van der Waals surface area (Å²) in [6.45, 7) is 6.15. The molecule has 1 saturated heterocycles. The molecule has 0 saturated carbocycles. The molecule has 7 nitrogen and oxygen atoms in total. The number of amides is 2. The number of benzene rings is 1. The molecule has 1 unspecified atom stereocenters. The number of fused-ring (bicyclic) bond motifs is 1. The monoisotopic (exact) mass is 455 g/mol. The number of likely N-dealkylation sites (tertiary alicyclic amines) is 1. The van der Waals surface area contributed by atoms with Gasteiger partial charge in [0.2, 0.25) is 11.8 Å². The maximum atomic E-state index is 13.5. The Morgan fingerprint density at radius 2 is 1.91 bits per heavy atom. The molecule has 0 radical (unpaired) electrons. The molecule has 1 fully saturated rings. The number of hydrogen-bond donors (Lipinski definition) is 2. The Labute approximate surface area is 194 Å². The van der Waals surface area contributed by atoms with Crippen molar-refractivity contribution in [1.82, 2.24) is 20.2 Å². The molecule has 32 heavy (non-hydrogen) atoms. The van der Waals surface area contributed by atoms with Gasteiger partial charge in [0.25, 0.3) is 0 Å². The molecular weight excluding hydrogens is 426 g/mol. The van der Waals surface area contributed by atoms with Crippen molar-refractivity contribution in [2.24, 2.45) is 0 Å². The van der Waals surface area contributed by atoms with Gasteiger partial charge >= 0.3 is 0 Å². The summed E-state index contributed by atoms with van der Waals surface area (Å²) in [5, 5.41) is 6.94. The topological polar surface area (TPSA) is 87.2 Å². The van der Waals surface area contributed by atoms with Gasteiger partial charge in [0.05, 0.1) is 11.6 Å². The number of nitrogens with zero attached hydrogens (tertiary/aromatic N) is 3. The molecule has 1 atom stereocenters. The standard InChI is InChI=1S/C24H30ClN5O2/c1-15(2)26-13-20(16-3-5-18(25)6-4-16)24(32)30-11-9-17(10-12-30)22-19-7-8-21(31)29-23(19)28-14-27-22/h3-6,14-15,17,20,26H,7-13H2,1-2H3,(H,27,28,29,31). The van der Waals surface area contributed by atoms with Crippen molar-refractivity contribution in [3.8, 4) is 0 Å². The molecule has 2 amide bonds. The second-order valence-corrected chi connectivity index (χ2v) is 9.34. The Hall–Kier alpha value is -2.51. The molecule has 2 aliphatic heterocycles. The fraction of sp³-hybridized carbons (Fsp3) is 0.500. The van der Waals surface area contributed by atoms with Gasteiger partial charge in [-0.15, -0.1) is 0 Å². The van der Waals surface area contributed by atoms with Crippen LogP contribution in [0.5, 0.6) is 0 Å². The first-order valence-electron chi connectivity index (χ1n) is 11.3. The molecule has 1 aromatic heterocycles. The highest BCUT2D eigenvalue weighted by Crippen LogP contribution is 2.34. The zero-order valence-corrected chi connectivity index (χ0v) is 19.4. The molecule has 1 aromatic carbocycles. The van der Waals surface area contributed by atoms with Crippen molar-refractivity contribution in [2.45, 2.75) is 57.4 Å². The maximum absolute atomic E-state index is 13.5. The lowest BCUT2D eigenvalue weighted by molar-refractivity contribution is -0.133. The first kappa shape index (κ1) is 22.7. The molecule has 2 N–H and O–H groups in total. The largest absolute Gasteiger partial charge is 0.342 e. The average molecular weight is 456 g/mol. The quantitative estimate of drug-likeness (QED) is 0.696. The SMILES string of the molecule is CC(C)NCC(C(=O)N1CCC(c2ncnc3c2CCC(=O)N3)CC1)c1ccc(Cl)cc1. The molecule has 8 heteroatoms. The molecular formula is C24H30ClN5O2. The van der Waals surface area contributed by atoms with Crippen molar-refractivity contribution in [2.75, 3.05) is 25.0 Å². The highest BCUT2D eigenvalue weighted by molar-refractivity contribution is 6.30. The molecule has 3 heterocycles. The lowest BCUT2D eigenvalue weighted by atomic mass is 9.87. The van der Waals surface area contributed by atoms with Crippen LogP contribution in [0.25, 0.3) is 0 Å². The summed E-state index contributed by atoms with van der Waals surface area (Å²) in [5.41, 5.74) is 3.06. The number of carbonyl (C=O) groups is 2. The summed E-state index contributed by atoms with van der Waals surface area (Å²) in [5.74, 6) is 0.829. The zero-order valence-electron chi connectivity index (χ0n) is 18.6. The van der Waals surface area contributed by atoms with E-state index >= 15 is 0 Å². The molecule has 4 rings (SSSR count). The summed E-state index contributed by atoms with van der Waals surface area (Å²) < 4.78 is 0. The van der Waals surface area contributed by atoms with Crippen LogP contribution in [-0.2, 0) is 16.0 Å². The zero-order chi connectivity index (χ0) is 22.7. The number of rotatable bonds is 6. The number of halogens is 1. The smallest absolute Gasteiger partial charge is 0.231 e. The van der Waals surface area contributed by atoms with E-state index in [-0.39, 0.29) is 23.7 Å². The van der Waals surface area contributed by atoms with E-state index in [1.165, 1.54) is 6.33 Å². The van der Waals surface area contributed by atoms with Crippen LogP contribution < -0.4 is 10.6 Å². The van der Waals surface area contributed by atoms with Crippen LogP contribution in [-0.4, -0.2) is 52.4 Å². The van der Waals surface area contributed by atoms with Crippen molar-refractivity contribution >= 4 is 29.2 Å². The van der Waals surface area contributed by atoms with Gasteiger partial charge in [-0.1, -0.05) is 37.6 Å². The molecule has 2 aliphatic rings. The molecule has 0 aliphatic carbocycles. The number of hydrogen-bond acceptors (Lipinski definition) is 5. The van der Waals surface area contributed by atoms with Gasteiger partial charge < -0.3 is 15.5 Å². The van der Waals surface area contributed by atoms with E-state index < -0.39 is 0 Å². The van der Waals surface area contributed by atoms with Crippen molar-refractivity contribution in [1.29, 1.82) is 0 Å². The summed E-state index contributed by atoms with van der Waals surface area (Å²) in [6.07, 6.45) is 4.39. The Morgan fingerprint density at radius 1 is 1.19 bits per heavy atom. The van der Waals surface area contributed by atoms with E-state index in [2.05, 4.69) is 34.4 Å². The third kappa shape index (κ3) is 5.10.